The number of likely N-dealkylation sites (N-methyl/N-ethyl adjacent to an activating group) is 2. The molecule has 0 bridgehead atoms. The van der Waals surface area contributed by atoms with Crippen molar-refractivity contribution in [3.05, 3.63) is 70.8 Å². The Balaban J connectivity index is 1.95. The molecule has 0 aliphatic heterocycles. The number of aryl methyl sites for hydroxylation is 1. The molecular weight excluding hydrogens is 626 g/mol. The third-order valence-electron chi connectivity index (χ3n) is 9.03. The Morgan fingerprint density at radius 2 is 1.65 bits per heavy atom. The van der Waals surface area contributed by atoms with Gasteiger partial charge in [-0.2, -0.15) is 0 Å². The number of amides is 6. The second-order valence-electron chi connectivity index (χ2n) is 12.4. The minimum absolute atomic E-state index is 0.0971. The normalized spacial score (nSPS) is 16.8. The van der Waals surface area contributed by atoms with E-state index in [0.717, 1.165) is 22.3 Å². The Bertz CT molecular complexity index is 1510. The minimum Gasteiger partial charge on any atom is -0.370 e. The Labute approximate surface area is 288 Å². The van der Waals surface area contributed by atoms with Crippen molar-refractivity contribution in [2.45, 2.75) is 82.5 Å². The Morgan fingerprint density at radius 1 is 0.939 bits per heavy atom. The van der Waals surface area contributed by atoms with Gasteiger partial charge in [0, 0.05) is 40.5 Å². The van der Waals surface area contributed by atoms with Crippen LogP contribution in [-0.4, -0.2) is 91.9 Å². The highest BCUT2D eigenvalue weighted by molar-refractivity contribution is 5.97. The second-order valence-corrected chi connectivity index (χ2v) is 12.4. The molecule has 4 atom stereocenters. The monoisotopic (exact) mass is 677 g/mol. The number of aliphatic imine (C=N–C) groups is 1. The first kappa shape index (κ1) is 38.3. The lowest BCUT2D eigenvalue weighted by molar-refractivity contribution is -0.142. The molecule has 266 valence electrons. The fourth-order valence-corrected chi connectivity index (χ4v) is 6.27. The smallest absolute Gasteiger partial charge is 0.315 e. The zero-order chi connectivity index (χ0) is 36.1. The quantitative estimate of drug-likeness (QED) is 0.0800. The Kier molecular flexibility index (Phi) is 14.0. The van der Waals surface area contributed by atoms with Crippen LogP contribution in [0.25, 0.3) is 0 Å². The van der Waals surface area contributed by atoms with Crippen LogP contribution in [0.3, 0.4) is 0 Å². The minimum atomic E-state index is -1.34. The SMILES string of the molecule is CC[C@@H](C(=O)NC)N(C)C(=O)[C@H](CCCN=C(N)N)NC(=O)[C@@H](Cc1ccccc1)NC(=O)C1(NC(=O)NC)CCc2c(C)cccc2C1. The first-order chi connectivity index (χ1) is 23.3. The molecule has 0 heterocycles. The van der Waals surface area contributed by atoms with E-state index in [1.54, 1.807) is 6.92 Å². The van der Waals surface area contributed by atoms with Crippen molar-refractivity contribution in [2.75, 3.05) is 27.7 Å². The number of nitrogens with one attached hydrogen (secondary N) is 5. The van der Waals surface area contributed by atoms with Crippen LogP contribution in [-0.2, 0) is 38.4 Å². The molecule has 14 nitrogen and oxygen atoms in total. The van der Waals surface area contributed by atoms with Gasteiger partial charge in [-0.15, -0.1) is 0 Å². The molecule has 3 rings (SSSR count). The molecule has 2 aromatic rings. The Hall–Kier alpha value is -5.14. The topological polar surface area (TPSA) is 213 Å². The van der Waals surface area contributed by atoms with Crippen LogP contribution in [0.1, 0.15) is 54.9 Å². The number of urea groups is 1. The van der Waals surface area contributed by atoms with Gasteiger partial charge in [-0.1, -0.05) is 55.5 Å². The van der Waals surface area contributed by atoms with Gasteiger partial charge >= 0.3 is 6.03 Å². The number of rotatable bonds is 15. The number of hydrogen-bond acceptors (Lipinski definition) is 6. The Morgan fingerprint density at radius 3 is 2.29 bits per heavy atom. The maximum atomic E-state index is 14.3. The van der Waals surface area contributed by atoms with Gasteiger partial charge in [0.05, 0.1) is 0 Å². The lowest BCUT2D eigenvalue weighted by Gasteiger charge is -2.39. The number of fused-ring (bicyclic) bond motifs is 1. The molecule has 49 heavy (non-hydrogen) atoms. The van der Waals surface area contributed by atoms with Gasteiger partial charge in [-0.25, -0.2) is 4.79 Å². The largest absolute Gasteiger partial charge is 0.370 e. The van der Waals surface area contributed by atoms with Gasteiger partial charge in [0.2, 0.25) is 23.6 Å². The van der Waals surface area contributed by atoms with E-state index >= 15 is 0 Å². The molecule has 6 amide bonds. The van der Waals surface area contributed by atoms with Crippen LogP contribution in [0, 0.1) is 6.92 Å². The van der Waals surface area contributed by atoms with E-state index in [1.165, 1.54) is 26.0 Å². The third-order valence-corrected chi connectivity index (χ3v) is 9.03. The zero-order valence-corrected chi connectivity index (χ0v) is 29.1. The van der Waals surface area contributed by atoms with E-state index in [9.17, 15) is 24.0 Å². The standard InChI is InChI=1S/C35H51N9O5/c1-6-28(30(46)38-3)44(5)31(47)26(16-11-19-40-33(36)37)41-29(45)27(20-23-13-8-7-9-14-23)42-32(48)35(43-34(49)39-4)18-17-25-22(2)12-10-15-24(25)21-35/h7-10,12-15,26-28H,6,11,16-21H2,1-5H3,(H,38,46)(H,41,45)(H,42,48)(H4,36,37,40)(H2,39,43,49)/t26-,27+,28-,35?/m0/s1. The number of guanidine groups is 1. The summed E-state index contributed by atoms with van der Waals surface area (Å²) in [5.41, 5.74) is 13.6. The fraction of sp³-hybridized carbons (Fsp3) is 0.486. The number of nitrogens with two attached hydrogens (primary N) is 2. The van der Waals surface area contributed by atoms with Crippen LogP contribution in [0.5, 0.6) is 0 Å². The van der Waals surface area contributed by atoms with Crippen molar-refractivity contribution in [3.8, 4) is 0 Å². The average Bonchev–Trinajstić information content (AvgIpc) is 3.09. The molecule has 0 fully saturated rings. The van der Waals surface area contributed by atoms with E-state index in [2.05, 4.69) is 31.6 Å². The molecule has 0 saturated heterocycles. The molecule has 0 saturated carbocycles. The average molecular weight is 678 g/mol. The fourth-order valence-electron chi connectivity index (χ4n) is 6.27. The predicted octanol–water partition coefficient (Wildman–Crippen LogP) is 0.400. The number of nitrogens with zero attached hydrogens (tertiary/aromatic N) is 2. The summed E-state index contributed by atoms with van der Waals surface area (Å²) in [4.78, 5) is 72.9. The first-order valence-corrected chi connectivity index (χ1v) is 16.6. The highest BCUT2D eigenvalue weighted by Crippen LogP contribution is 2.31. The van der Waals surface area contributed by atoms with Crippen molar-refractivity contribution in [2.24, 2.45) is 16.5 Å². The number of carbonyl (C=O) groups excluding carboxylic acids is 5. The number of carbonyl (C=O) groups is 5. The molecule has 2 aromatic carbocycles. The summed E-state index contributed by atoms with van der Waals surface area (Å²) < 4.78 is 0. The summed E-state index contributed by atoms with van der Waals surface area (Å²) in [6.45, 7) is 4.02. The second kappa shape index (κ2) is 17.9. The lowest BCUT2D eigenvalue weighted by atomic mass is 9.76. The molecule has 0 radical (unpaired) electrons. The number of benzene rings is 2. The van der Waals surface area contributed by atoms with Crippen molar-refractivity contribution >= 4 is 35.6 Å². The van der Waals surface area contributed by atoms with Crippen molar-refractivity contribution in [3.63, 3.8) is 0 Å². The summed E-state index contributed by atoms with van der Waals surface area (Å²) in [5.74, 6) is -2.02. The summed E-state index contributed by atoms with van der Waals surface area (Å²) >= 11 is 0. The van der Waals surface area contributed by atoms with Crippen LogP contribution in [0.2, 0.25) is 0 Å². The summed E-state index contributed by atoms with van der Waals surface area (Å²) in [6, 6.07) is 11.6. The summed E-state index contributed by atoms with van der Waals surface area (Å²) in [6.07, 6.45) is 2.09. The van der Waals surface area contributed by atoms with Crippen LogP contribution in [0.4, 0.5) is 4.79 Å². The van der Waals surface area contributed by atoms with Gasteiger partial charge in [-0.05, 0) is 61.3 Å². The molecular formula is C35H51N9O5. The van der Waals surface area contributed by atoms with Gasteiger partial charge in [0.15, 0.2) is 5.96 Å². The molecule has 0 aromatic heterocycles. The third kappa shape index (κ3) is 10.2. The van der Waals surface area contributed by atoms with E-state index in [1.807, 2.05) is 55.5 Å². The first-order valence-electron chi connectivity index (χ1n) is 16.6. The molecule has 1 unspecified atom stereocenters. The van der Waals surface area contributed by atoms with Crippen molar-refractivity contribution in [1.82, 2.24) is 31.5 Å². The maximum absolute atomic E-state index is 14.3. The lowest BCUT2D eigenvalue weighted by Crippen LogP contribution is -2.66. The van der Waals surface area contributed by atoms with Crippen LogP contribution >= 0.6 is 0 Å². The van der Waals surface area contributed by atoms with Crippen molar-refractivity contribution < 1.29 is 24.0 Å². The predicted molar refractivity (Wildman–Crippen MR) is 188 cm³/mol. The van der Waals surface area contributed by atoms with E-state index in [4.69, 9.17) is 11.5 Å². The van der Waals surface area contributed by atoms with E-state index in [0.29, 0.717) is 25.7 Å². The molecule has 1 aliphatic rings. The summed E-state index contributed by atoms with van der Waals surface area (Å²) in [7, 11) is 4.48. The molecule has 0 spiro atoms. The van der Waals surface area contributed by atoms with Crippen molar-refractivity contribution in [1.29, 1.82) is 0 Å². The van der Waals surface area contributed by atoms with Crippen LogP contribution < -0.4 is 38.1 Å². The van der Waals surface area contributed by atoms with Crippen LogP contribution in [0.15, 0.2) is 53.5 Å². The molecule has 9 N–H and O–H groups in total. The highest BCUT2D eigenvalue weighted by atomic mass is 16.2. The highest BCUT2D eigenvalue weighted by Gasteiger charge is 2.44. The van der Waals surface area contributed by atoms with E-state index in [-0.39, 0.29) is 37.7 Å². The molecule has 14 heteroatoms. The van der Waals surface area contributed by atoms with Gasteiger partial charge in [-0.3, -0.25) is 24.2 Å². The maximum Gasteiger partial charge on any atom is 0.315 e. The zero-order valence-electron chi connectivity index (χ0n) is 29.1. The van der Waals surface area contributed by atoms with E-state index < -0.39 is 47.4 Å². The molecule has 1 aliphatic carbocycles. The van der Waals surface area contributed by atoms with Gasteiger partial charge in [0.25, 0.3) is 0 Å². The van der Waals surface area contributed by atoms with Gasteiger partial charge in [0.1, 0.15) is 23.7 Å². The summed E-state index contributed by atoms with van der Waals surface area (Å²) in [5, 5.41) is 13.8. The van der Waals surface area contributed by atoms with Gasteiger partial charge < -0.3 is 43.0 Å². The number of hydrogen-bond donors (Lipinski definition) is 7.